The molecule has 1 aromatic heterocycles. The van der Waals surface area contributed by atoms with Gasteiger partial charge < -0.3 is 10.0 Å². The predicted molar refractivity (Wildman–Crippen MR) is 60.1 cm³/mol. The number of aromatic nitrogens is 1. The van der Waals surface area contributed by atoms with Gasteiger partial charge in [-0.25, -0.2) is 9.78 Å². The second-order valence-electron chi connectivity index (χ2n) is 3.43. The maximum atomic E-state index is 12.3. The maximum absolute atomic E-state index is 12.3. The molecule has 0 bridgehead atoms. The Bertz CT molecular complexity index is 451. The van der Waals surface area contributed by atoms with Gasteiger partial charge in [-0.05, 0) is 19.1 Å². The quantitative estimate of drug-likeness (QED) is 0.922. The molecule has 0 aliphatic carbocycles. The molecule has 0 unspecified atom stereocenters. The van der Waals surface area contributed by atoms with Crippen LogP contribution in [0.2, 0.25) is 5.02 Å². The van der Waals surface area contributed by atoms with Crippen LogP contribution in [0.1, 0.15) is 17.4 Å². The van der Waals surface area contributed by atoms with Gasteiger partial charge in [-0.1, -0.05) is 11.6 Å². The van der Waals surface area contributed by atoms with Gasteiger partial charge in [-0.3, -0.25) is 0 Å². The van der Waals surface area contributed by atoms with E-state index >= 15 is 0 Å². The van der Waals surface area contributed by atoms with Crippen molar-refractivity contribution in [1.29, 1.82) is 0 Å². The minimum absolute atomic E-state index is 0.0488. The first kappa shape index (κ1) is 14.6. The SMILES string of the molecule is CCN(CC(F)(F)F)c1ccc(Cl)c(C(=O)O)n1. The van der Waals surface area contributed by atoms with Crippen LogP contribution in [-0.4, -0.2) is 35.3 Å². The zero-order chi connectivity index (χ0) is 13.9. The Kier molecular flexibility index (Phi) is 4.39. The lowest BCUT2D eigenvalue weighted by atomic mass is 10.3. The van der Waals surface area contributed by atoms with E-state index in [1.807, 2.05) is 0 Å². The second kappa shape index (κ2) is 5.43. The van der Waals surface area contributed by atoms with E-state index < -0.39 is 24.4 Å². The molecule has 1 N–H and O–H groups in total. The molecule has 0 saturated heterocycles. The second-order valence-corrected chi connectivity index (χ2v) is 3.84. The van der Waals surface area contributed by atoms with Gasteiger partial charge in [0.05, 0.1) is 5.02 Å². The fraction of sp³-hybridized carbons (Fsp3) is 0.400. The topological polar surface area (TPSA) is 53.4 Å². The number of aromatic carboxylic acids is 1. The largest absolute Gasteiger partial charge is 0.476 e. The average Bonchev–Trinajstić information content (AvgIpc) is 2.25. The van der Waals surface area contributed by atoms with Crippen LogP contribution in [-0.2, 0) is 0 Å². The van der Waals surface area contributed by atoms with Crippen molar-refractivity contribution >= 4 is 23.4 Å². The highest BCUT2D eigenvalue weighted by atomic mass is 35.5. The van der Waals surface area contributed by atoms with E-state index in [0.29, 0.717) is 0 Å². The first-order chi connectivity index (χ1) is 8.24. The van der Waals surface area contributed by atoms with Crippen LogP contribution < -0.4 is 4.90 Å². The summed E-state index contributed by atoms with van der Waals surface area (Å²) in [5.74, 6) is -1.46. The molecular formula is C10H10ClF3N2O2. The first-order valence-electron chi connectivity index (χ1n) is 4.96. The Balaban J connectivity index is 3.07. The van der Waals surface area contributed by atoms with Crippen molar-refractivity contribution in [3.05, 3.63) is 22.8 Å². The highest BCUT2D eigenvalue weighted by Gasteiger charge is 2.31. The molecule has 0 atom stereocenters. The van der Waals surface area contributed by atoms with Gasteiger partial charge in [-0.2, -0.15) is 13.2 Å². The van der Waals surface area contributed by atoms with Gasteiger partial charge in [0.1, 0.15) is 12.4 Å². The monoisotopic (exact) mass is 282 g/mol. The molecule has 0 aromatic carbocycles. The molecule has 1 rings (SSSR count). The Labute approximate surface area is 106 Å². The van der Waals surface area contributed by atoms with Crippen LogP contribution in [0, 0.1) is 0 Å². The summed E-state index contributed by atoms with van der Waals surface area (Å²) in [6, 6.07) is 2.47. The summed E-state index contributed by atoms with van der Waals surface area (Å²) < 4.78 is 36.9. The number of hydrogen-bond donors (Lipinski definition) is 1. The minimum Gasteiger partial charge on any atom is -0.476 e. The van der Waals surface area contributed by atoms with E-state index in [-0.39, 0.29) is 17.4 Å². The number of halogens is 4. The molecule has 4 nitrogen and oxygen atoms in total. The fourth-order valence-electron chi connectivity index (χ4n) is 1.33. The zero-order valence-electron chi connectivity index (χ0n) is 9.33. The average molecular weight is 283 g/mol. The van der Waals surface area contributed by atoms with Crippen LogP contribution in [0.25, 0.3) is 0 Å². The lowest BCUT2D eigenvalue weighted by Gasteiger charge is -2.23. The Morgan fingerprint density at radius 3 is 2.56 bits per heavy atom. The Morgan fingerprint density at radius 2 is 2.11 bits per heavy atom. The lowest BCUT2D eigenvalue weighted by Crippen LogP contribution is -2.34. The number of alkyl halides is 3. The number of pyridine rings is 1. The number of carboxylic acids is 1. The number of carbonyl (C=O) groups is 1. The number of rotatable bonds is 4. The predicted octanol–water partition coefficient (Wildman–Crippen LogP) is 2.82. The third-order valence-corrected chi connectivity index (χ3v) is 2.41. The van der Waals surface area contributed by atoms with Gasteiger partial charge in [0.15, 0.2) is 5.69 Å². The van der Waals surface area contributed by atoms with E-state index in [1.165, 1.54) is 19.1 Å². The van der Waals surface area contributed by atoms with Crippen molar-refractivity contribution in [2.75, 3.05) is 18.0 Å². The minimum atomic E-state index is -4.39. The van der Waals surface area contributed by atoms with Crippen LogP contribution >= 0.6 is 11.6 Å². The maximum Gasteiger partial charge on any atom is 0.405 e. The van der Waals surface area contributed by atoms with Crippen LogP contribution in [0.5, 0.6) is 0 Å². The van der Waals surface area contributed by atoms with Crippen molar-refractivity contribution in [2.24, 2.45) is 0 Å². The van der Waals surface area contributed by atoms with E-state index in [0.717, 1.165) is 4.90 Å². The molecule has 0 amide bonds. The summed E-state index contributed by atoms with van der Waals surface area (Å²) >= 11 is 5.59. The standard InChI is InChI=1S/C10H10ClF3N2O2/c1-2-16(5-10(12,13)14)7-4-3-6(11)8(15-7)9(17)18/h3-4H,2,5H2,1H3,(H,17,18). The highest BCUT2D eigenvalue weighted by Crippen LogP contribution is 2.23. The Hall–Kier alpha value is -1.50. The van der Waals surface area contributed by atoms with Gasteiger partial charge in [0, 0.05) is 6.54 Å². The Morgan fingerprint density at radius 1 is 1.50 bits per heavy atom. The van der Waals surface area contributed by atoms with Gasteiger partial charge in [0.25, 0.3) is 0 Å². The van der Waals surface area contributed by atoms with Crippen LogP contribution in [0.3, 0.4) is 0 Å². The smallest absolute Gasteiger partial charge is 0.405 e. The lowest BCUT2D eigenvalue weighted by molar-refractivity contribution is -0.119. The van der Waals surface area contributed by atoms with Gasteiger partial charge >= 0.3 is 12.1 Å². The molecule has 0 fully saturated rings. The molecule has 1 aromatic rings. The highest BCUT2D eigenvalue weighted by molar-refractivity contribution is 6.33. The summed E-state index contributed by atoms with van der Waals surface area (Å²) in [6.45, 7) is 0.368. The number of anilines is 1. The molecule has 1 heterocycles. The van der Waals surface area contributed by atoms with Crippen LogP contribution in [0.4, 0.5) is 19.0 Å². The number of nitrogens with zero attached hydrogens (tertiary/aromatic N) is 2. The number of hydrogen-bond acceptors (Lipinski definition) is 3. The summed E-state index contributed by atoms with van der Waals surface area (Å²) in [6.07, 6.45) is -4.39. The van der Waals surface area contributed by atoms with Crippen molar-refractivity contribution in [2.45, 2.75) is 13.1 Å². The normalized spacial score (nSPS) is 11.4. The molecular weight excluding hydrogens is 273 g/mol. The molecule has 0 radical (unpaired) electrons. The van der Waals surface area contributed by atoms with Gasteiger partial charge in [-0.15, -0.1) is 0 Å². The van der Waals surface area contributed by atoms with Gasteiger partial charge in [0.2, 0.25) is 0 Å². The number of carboxylic acid groups (broad SMARTS) is 1. The summed E-state index contributed by atoms with van der Waals surface area (Å²) in [5, 5.41) is 8.67. The third-order valence-electron chi connectivity index (χ3n) is 2.11. The molecule has 18 heavy (non-hydrogen) atoms. The van der Waals surface area contributed by atoms with E-state index in [9.17, 15) is 18.0 Å². The molecule has 8 heteroatoms. The molecule has 0 aliphatic heterocycles. The van der Waals surface area contributed by atoms with Crippen molar-refractivity contribution in [3.63, 3.8) is 0 Å². The van der Waals surface area contributed by atoms with E-state index in [2.05, 4.69) is 4.98 Å². The van der Waals surface area contributed by atoms with E-state index in [1.54, 1.807) is 0 Å². The third kappa shape index (κ3) is 3.76. The molecule has 0 spiro atoms. The van der Waals surface area contributed by atoms with Crippen molar-refractivity contribution in [1.82, 2.24) is 4.98 Å². The summed E-state index contributed by atoms with van der Waals surface area (Å²) in [5.41, 5.74) is -0.463. The fourth-order valence-corrected chi connectivity index (χ4v) is 1.52. The molecule has 0 saturated carbocycles. The zero-order valence-corrected chi connectivity index (χ0v) is 10.1. The molecule has 0 aliphatic rings. The summed E-state index contributed by atoms with van der Waals surface area (Å²) in [4.78, 5) is 15.3. The molecule has 100 valence electrons. The van der Waals surface area contributed by atoms with E-state index in [4.69, 9.17) is 16.7 Å². The van der Waals surface area contributed by atoms with Crippen molar-refractivity contribution in [3.8, 4) is 0 Å². The van der Waals surface area contributed by atoms with Crippen molar-refractivity contribution < 1.29 is 23.1 Å². The first-order valence-corrected chi connectivity index (χ1v) is 5.34. The summed E-state index contributed by atoms with van der Waals surface area (Å²) in [7, 11) is 0. The van der Waals surface area contributed by atoms with Crippen LogP contribution in [0.15, 0.2) is 12.1 Å².